The van der Waals surface area contributed by atoms with Gasteiger partial charge in [0, 0.05) is 4.47 Å². The van der Waals surface area contributed by atoms with Crippen LogP contribution in [-0.2, 0) is 6.61 Å². The predicted molar refractivity (Wildman–Crippen MR) is 80.9 cm³/mol. The molecular weight excluding hydrogens is 348 g/mol. The zero-order chi connectivity index (χ0) is 13.2. The van der Waals surface area contributed by atoms with Gasteiger partial charge in [0.05, 0.1) is 5.39 Å². The number of halogens is 2. The first-order chi connectivity index (χ1) is 9.22. The summed E-state index contributed by atoms with van der Waals surface area (Å²) in [5, 5.41) is 3.05. The number of fused-ring (bicyclic) bond motifs is 1. The minimum Gasteiger partial charge on any atom is -0.472 e. The fourth-order valence-corrected chi connectivity index (χ4v) is 3.10. The molecular formula is C13H8BrClN2OS. The van der Waals surface area contributed by atoms with Crippen LogP contribution in [-0.4, -0.2) is 9.97 Å². The van der Waals surface area contributed by atoms with Gasteiger partial charge in [-0.3, -0.25) is 0 Å². The maximum absolute atomic E-state index is 5.88. The molecule has 2 heterocycles. The average Bonchev–Trinajstić information content (AvgIpc) is 2.84. The third-order valence-electron chi connectivity index (χ3n) is 2.53. The maximum Gasteiger partial charge on any atom is 0.227 e. The summed E-state index contributed by atoms with van der Waals surface area (Å²) in [5.74, 6) is 0.524. The normalized spacial score (nSPS) is 10.8. The molecule has 3 nitrogen and oxygen atoms in total. The molecule has 96 valence electrons. The summed E-state index contributed by atoms with van der Waals surface area (Å²) < 4.78 is 6.77. The first-order valence-corrected chi connectivity index (χ1v) is 7.55. The molecule has 0 saturated carbocycles. The third-order valence-corrected chi connectivity index (χ3v) is 4.00. The van der Waals surface area contributed by atoms with E-state index in [1.165, 1.54) is 11.3 Å². The van der Waals surface area contributed by atoms with Gasteiger partial charge in [-0.05, 0) is 40.7 Å². The number of thiophene rings is 1. The van der Waals surface area contributed by atoms with Gasteiger partial charge in [-0.1, -0.05) is 28.1 Å². The van der Waals surface area contributed by atoms with Gasteiger partial charge in [-0.25, -0.2) is 4.98 Å². The Kier molecular flexibility index (Phi) is 3.68. The van der Waals surface area contributed by atoms with Gasteiger partial charge >= 0.3 is 0 Å². The van der Waals surface area contributed by atoms with E-state index in [0.717, 1.165) is 20.3 Å². The zero-order valence-corrected chi connectivity index (χ0v) is 12.8. The van der Waals surface area contributed by atoms with Crippen molar-refractivity contribution in [2.75, 3.05) is 0 Å². The van der Waals surface area contributed by atoms with Crippen LogP contribution in [0.4, 0.5) is 0 Å². The number of hydrogen-bond donors (Lipinski definition) is 0. The summed E-state index contributed by atoms with van der Waals surface area (Å²) in [7, 11) is 0. The van der Waals surface area contributed by atoms with Crippen LogP contribution in [0.2, 0.25) is 5.28 Å². The Balaban J connectivity index is 1.87. The largest absolute Gasteiger partial charge is 0.472 e. The molecule has 19 heavy (non-hydrogen) atoms. The summed E-state index contributed by atoms with van der Waals surface area (Å²) in [6.07, 6.45) is 0. The lowest BCUT2D eigenvalue weighted by Crippen LogP contribution is -1.98. The zero-order valence-electron chi connectivity index (χ0n) is 9.64. The smallest absolute Gasteiger partial charge is 0.227 e. The fourth-order valence-electron chi connectivity index (χ4n) is 1.69. The predicted octanol–water partition coefficient (Wildman–Crippen LogP) is 4.69. The van der Waals surface area contributed by atoms with Gasteiger partial charge in [0.2, 0.25) is 11.2 Å². The van der Waals surface area contributed by atoms with E-state index < -0.39 is 0 Å². The molecule has 0 fully saturated rings. The quantitative estimate of drug-likeness (QED) is 0.640. The van der Waals surface area contributed by atoms with Crippen molar-refractivity contribution >= 4 is 49.1 Å². The highest BCUT2D eigenvalue weighted by Gasteiger charge is 2.09. The lowest BCUT2D eigenvalue weighted by Gasteiger charge is -2.07. The van der Waals surface area contributed by atoms with E-state index in [2.05, 4.69) is 25.9 Å². The van der Waals surface area contributed by atoms with Crippen LogP contribution in [0.1, 0.15) is 5.56 Å². The van der Waals surface area contributed by atoms with Crippen molar-refractivity contribution in [3.8, 4) is 5.88 Å². The first kappa shape index (κ1) is 12.8. The van der Waals surface area contributed by atoms with Crippen LogP contribution in [0.25, 0.3) is 10.2 Å². The molecule has 0 N–H and O–H groups in total. The third kappa shape index (κ3) is 2.88. The summed E-state index contributed by atoms with van der Waals surface area (Å²) in [4.78, 5) is 9.13. The van der Waals surface area contributed by atoms with Crippen molar-refractivity contribution in [3.63, 3.8) is 0 Å². The topological polar surface area (TPSA) is 35.0 Å². The number of rotatable bonds is 3. The van der Waals surface area contributed by atoms with Gasteiger partial charge in [-0.2, -0.15) is 4.98 Å². The number of benzene rings is 1. The molecule has 3 aromatic rings. The van der Waals surface area contributed by atoms with Gasteiger partial charge in [0.15, 0.2) is 0 Å². The lowest BCUT2D eigenvalue weighted by molar-refractivity contribution is 0.297. The number of ether oxygens (including phenoxy) is 1. The minimum absolute atomic E-state index is 0.208. The molecule has 2 aromatic heterocycles. The van der Waals surface area contributed by atoms with Crippen LogP contribution in [0, 0.1) is 0 Å². The van der Waals surface area contributed by atoms with Crippen molar-refractivity contribution in [2.24, 2.45) is 0 Å². The van der Waals surface area contributed by atoms with E-state index in [4.69, 9.17) is 16.3 Å². The summed E-state index contributed by atoms with van der Waals surface area (Å²) in [6.45, 7) is 0.442. The Labute approximate surface area is 127 Å². The van der Waals surface area contributed by atoms with E-state index in [1.807, 2.05) is 35.7 Å². The average molecular weight is 356 g/mol. The van der Waals surface area contributed by atoms with Crippen LogP contribution in [0.15, 0.2) is 40.2 Å². The van der Waals surface area contributed by atoms with Gasteiger partial charge in [0.25, 0.3) is 0 Å². The maximum atomic E-state index is 5.88. The van der Waals surface area contributed by atoms with E-state index in [-0.39, 0.29) is 5.28 Å². The van der Waals surface area contributed by atoms with Gasteiger partial charge in [0.1, 0.15) is 11.4 Å². The second kappa shape index (κ2) is 5.45. The molecule has 0 aliphatic heterocycles. The molecule has 0 spiro atoms. The highest BCUT2D eigenvalue weighted by molar-refractivity contribution is 9.10. The summed E-state index contributed by atoms with van der Waals surface area (Å²) in [6, 6.07) is 9.89. The van der Waals surface area contributed by atoms with E-state index in [1.54, 1.807) is 0 Å². The van der Waals surface area contributed by atoms with Crippen LogP contribution < -0.4 is 4.74 Å². The first-order valence-electron chi connectivity index (χ1n) is 5.50. The molecule has 0 saturated heterocycles. The van der Waals surface area contributed by atoms with Crippen LogP contribution >= 0.6 is 38.9 Å². The SMILES string of the molecule is Clc1nc(OCc2cccc(Br)c2)c2ccsc2n1. The molecule has 0 atom stereocenters. The molecule has 0 radical (unpaired) electrons. The van der Waals surface area contributed by atoms with Crippen molar-refractivity contribution in [1.82, 2.24) is 9.97 Å². The fraction of sp³-hybridized carbons (Fsp3) is 0.0769. The van der Waals surface area contributed by atoms with Crippen molar-refractivity contribution in [2.45, 2.75) is 6.61 Å². The van der Waals surface area contributed by atoms with E-state index >= 15 is 0 Å². The Morgan fingerprint density at radius 1 is 1.26 bits per heavy atom. The molecule has 1 aromatic carbocycles. The number of aromatic nitrogens is 2. The highest BCUT2D eigenvalue weighted by Crippen LogP contribution is 2.28. The Hall–Kier alpha value is -1.17. The minimum atomic E-state index is 0.208. The molecule has 0 bridgehead atoms. The molecule has 0 aliphatic rings. The Bertz CT molecular complexity index is 731. The second-order valence-electron chi connectivity index (χ2n) is 3.86. The Morgan fingerprint density at radius 2 is 2.16 bits per heavy atom. The second-order valence-corrected chi connectivity index (χ2v) is 6.00. The molecule has 3 rings (SSSR count). The standard InChI is InChI=1S/C13H8BrClN2OS/c14-9-3-1-2-8(6-9)7-18-11-10-4-5-19-12(10)17-13(15)16-11/h1-6H,7H2. The van der Waals surface area contributed by atoms with Crippen LogP contribution in [0.5, 0.6) is 5.88 Å². The monoisotopic (exact) mass is 354 g/mol. The molecule has 0 aliphatic carbocycles. The van der Waals surface area contributed by atoms with Crippen LogP contribution in [0.3, 0.4) is 0 Å². The highest BCUT2D eigenvalue weighted by atomic mass is 79.9. The number of hydrogen-bond acceptors (Lipinski definition) is 4. The van der Waals surface area contributed by atoms with Crippen molar-refractivity contribution in [1.29, 1.82) is 0 Å². The molecule has 0 unspecified atom stereocenters. The summed E-state index contributed by atoms with van der Waals surface area (Å²) >= 11 is 10.8. The molecule has 6 heteroatoms. The van der Waals surface area contributed by atoms with E-state index in [9.17, 15) is 0 Å². The lowest BCUT2D eigenvalue weighted by atomic mass is 10.2. The van der Waals surface area contributed by atoms with Crippen molar-refractivity contribution in [3.05, 3.63) is 51.0 Å². The Morgan fingerprint density at radius 3 is 3.00 bits per heavy atom. The van der Waals surface area contributed by atoms with Crippen molar-refractivity contribution < 1.29 is 4.74 Å². The molecule has 0 amide bonds. The number of nitrogens with zero attached hydrogens (tertiary/aromatic N) is 2. The van der Waals surface area contributed by atoms with Gasteiger partial charge < -0.3 is 4.74 Å². The van der Waals surface area contributed by atoms with E-state index in [0.29, 0.717) is 12.5 Å². The summed E-state index contributed by atoms with van der Waals surface area (Å²) in [5.41, 5.74) is 1.06. The van der Waals surface area contributed by atoms with Gasteiger partial charge in [-0.15, -0.1) is 11.3 Å².